The van der Waals surface area contributed by atoms with Crippen molar-refractivity contribution in [3.63, 3.8) is 0 Å². The van der Waals surface area contributed by atoms with E-state index in [-0.39, 0.29) is 17.6 Å². The second-order valence-corrected chi connectivity index (χ2v) is 11.2. The highest BCUT2D eigenvalue weighted by Gasteiger charge is 2.80. The normalized spacial score (nSPS) is 27.6. The predicted octanol–water partition coefficient (Wildman–Crippen LogP) is 6.95. The summed E-state index contributed by atoms with van der Waals surface area (Å²) in [6, 6.07) is 33.6. The summed E-state index contributed by atoms with van der Waals surface area (Å²) in [5.41, 5.74) is 2.12. The van der Waals surface area contributed by atoms with Crippen molar-refractivity contribution >= 4 is 45.2 Å². The highest BCUT2D eigenvalue weighted by atomic mass is 16.2. The Morgan fingerprint density at radius 3 is 1.87 bits per heavy atom. The molecule has 0 radical (unpaired) electrons. The molecule has 0 aromatic heterocycles. The number of hydrogen-bond acceptors (Lipinski definition) is 3. The Bertz CT molecular complexity index is 1710. The molecule has 2 bridgehead atoms. The van der Waals surface area contributed by atoms with Gasteiger partial charge in [-0.25, -0.2) is 4.90 Å². The van der Waals surface area contributed by atoms with E-state index in [1.807, 2.05) is 110 Å². The van der Waals surface area contributed by atoms with Crippen LogP contribution < -0.4 is 4.90 Å². The van der Waals surface area contributed by atoms with Crippen molar-refractivity contribution in [2.45, 2.75) is 26.7 Å². The zero-order valence-electron chi connectivity index (χ0n) is 22.1. The first-order valence-corrected chi connectivity index (χ1v) is 13.7. The van der Waals surface area contributed by atoms with E-state index in [0.717, 1.165) is 39.5 Å². The first kappa shape index (κ1) is 23.8. The Hall–Kier alpha value is -4.31. The quantitative estimate of drug-likeness (QED) is 0.273. The molecule has 0 unspecified atom stereocenters. The number of fused-ring (bicyclic) bond motifs is 6. The van der Waals surface area contributed by atoms with Crippen LogP contribution in [0.15, 0.2) is 103 Å². The molecule has 2 aliphatic carbocycles. The maximum atomic E-state index is 14.7. The van der Waals surface area contributed by atoms with E-state index in [1.165, 1.54) is 4.90 Å². The lowest BCUT2D eigenvalue weighted by Crippen LogP contribution is -2.41. The van der Waals surface area contributed by atoms with Gasteiger partial charge in [0.25, 0.3) is 0 Å². The highest BCUT2D eigenvalue weighted by Crippen LogP contribution is 2.75. The van der Waals surface area contributed by atoms with Gasteiger partial charge in [0.1, 0.15) is 0 Å². The summed E-state index contributed by atoms with van der Waals surface area (Å²) in [6.07, 6.45) is 1.24. The molecule has 3 aliphatic rings. The smallest absolute Gasteiger partial charge is 0.239 e. The SMILES string of the molecule is CCC[C@]12C(=O)[C@@](C)(C(c3ccccc3)=C1c1ccccc1)[C@@H]1C(=O)N(c3ccc4ccccc4c3)C(=O)[C@@H]12. The number of Topliss-reactive ketones (excluding diaryl/α,β-unsaturated/α-hetero) is 1. The number of anilines is 1. The van der Waals surface area contributed by atoms with Gasteiger partial charge in [-0.1, -0.05) is 104 Å². The van der Waals surface area contributed by atoms with Crippen molar-refractivity contribution in [1.82, 2.24) is 0 Å². The molecule has 4 heteroatoms. The van der Waals surface area contributed by atoms with Crippen molar-refractivity contribution in [3.8, 4) is 0 Å². The minimum Gasteiger partial charge on any atom is -0.298 e. The van der Waals surface area contributed by atoms with Crippen LogP contribution in [-0.2, 0) is 14.4 Å². The molecule has 7 rings (SSSR count). The van der Waals surface area contributed by atoms with Crippen molar-refractivity contribution in [2.24, 2.45) is 22.7 Å². The molecule has 4 aromatic rings. The number of carbonyl (C=O) groups is 3. The van der Waals surface area contributed by atoms with Crippen molar-refractivity contribution < 1.29 is 14.4 Å². The van der Waals surface area contributed by atoms with Crippen LogP contribution in [0.3, 0.4) is 0 Å². The van der Waals surface area contributed by atoms with E-state index in [9.17, 15) is 14.4 Å². The molecular formula is C35H29NO3. The van der Waals surface area contributed by atoms with E-state index in [4.69, 9.17) is 0 Å². The Labute approximate surface area is 228 Å². The van der Waals surface area contributed by atoms with Crippen molar-refractivity contribution in [3.05, 3.63) is 114 Å². The van der Waals surface area contributed by atoms with Crippen molar-refractivity contribution in [1.29, 1.82) is 0 Å². The molecule has 0 N–H and O–H groups in total. The fourth-order valence-electron chi connectivity index (χ4n) is 7.93. The van der Waals surface area contributed by atoms with E-state index in [2.05, 4.69) is 6.92 Å². The maximum Gasteiger partial charge on any atom is 0.239 e. The van der Waals surface area contributed by atoms with Crippen LogP contribution in [0.25, 0.3) is 21.9 Å². The number of carbonyl (C=O) groups excluding carboxylic acids is 3. The zero-order valence-corrected chi connectivity index (χ0v) is 22.1. The minimum absolute atomic E-state index is 0.0180. The fourth-order valence-corrected chi connectivity index (χ4v) is 7.93. The summed E-state index contributed by atoms with van der Waals surface area (Å²) in [4.78, 5) is 44.9. The summed E-state index contributed by atoms with van der Waals surface area (Å²) in [5, 5.41) is 2.01. The molecule has 1 saturated carbocycles. The molecule has 0 spiro atoms. The number of nitrogens with zero attached hydrogens (tertiary/aromatic N) is 1. The lowest BCUT2D eigenvalue weighted by atomic mass is 9.61. The summed E-state index contributed by atoms with van der Waals surface area (Å²) in [6.45, 7) is 3.97. The lowest BCUT2D eigenvalue weighted by molar-refractivity contribution is -0.134. The Kier molecular flexibility index (Phi) is 5.09. The molecule has 1 aliphatic heterocycles. The first-order chi connectivity index (χ1) is 18.9. The second kappa shape index (κ2) is 8.34. The van der Waals surface area contributed by atoms with Crippen LogP contribution in [0.5, 0.6) is 0 Å². The Morgan fingerprint density at radius 1 is 0.667 bits per heavy atom. The molecule has 1 saturated heterocycles. The minimum atomic E-state index is -1.11. The van der Waals surface area contributed by atoms with Gasteiger partial charge < -0.3 is 0 Å². The summed E-state index contributed by atoms with van der Waals surface area (Å²) < 4.78 is 0. The maximum absolute atomic E-state index is 14.7. The van der Waals surface area contributed by atoms with Gasteiger partial charge in [0.2, 0.25) is 11.8 Å². The van der Waals surface area contributed by atoms with Crippen LogP contribution in [0.1, 0.15) is 37.8 Å². The highest BCUT2D eigenvalue weighted by molar-refractivity contribution is 6.34. The molecular weight excluding hydrogens is 482 g/mol. The van der Waals surface area contributed by atoms with Gasteiger partial charge in [0.05, 0.1) is 28.4 Å². The van der Waals surface area contributed by atoms with Crippen LogP contribution in [-0.4, -0.2) is 17.6 Å². The number of imide groups is 1. The molecule has 4 nitrogen and oxygen atoms in total. The molecule has 4 aromatic carbocycles. The van der Waals surface area contributed by atoms with E-state index in [1.54, 1.807) is 0 Å². The summed E-state index contributed by atoms with van der Waals surface area (Å²) in [5.74, 6) is -1.97. The van der Waals surface area contributed by atoms with Gasteiger partial charge in [-0.3, -0.25) is 14.4 Å². The molecule has 1 heterocycles. The Balaban J connectivity index is 1.49. The third kappa shape index (κ3) is 2.92. The van der Waals surface area contributed by atoms with Crippen molar-refractivity contribution in [2.75, 3.05) is 4.90 Å². The number of ketones is 1. The topological polar surface area (TPSA) is 54.5 Å². The van der Waals surface area contributed by atoms with Gasteiger partial charge in [0.15, 0.2) is 5.78 Å². The van der Waals surface area contributed by atoms with E-state index >= 15 is 0 Å². The van der Waals surface area contributed by atoms with Gasteiger partial charge >= 0.3 is 0 Å². The molecule has 2 amide bonds. The zero-order chi connectivity index (χ0) is 26.9. The van der Waals surface area contributed by atoms with E-state index < -0.39 is 22.7 Å². The van der Waals surface area contributed by atoms with Gasteiger partial charge in [-0.15, -0.1) is 0 Å². The third-order valence-corrected chi connectivity index (χ3v) is 9.31. The number of benzene rings is 4. The standard InChI is InChI=1S/C35H29NO3/c1-3-20-35-28(24-15-8-5-9-16-24)27(23-13-6-4-7-14-23)34(2,33(35)39)29-30(35)32(38)36(31(29)37)26-19-18-22-12-10-11-17-25(22)21-26/h4-19,21,29-30H,3,20H2,1-2H3/t29-,30+,34-,35-/m0/s1. The predicted molar refractivity (Wildman–Crippen MR) is 154 cm³/mol. The average molecular weight is 512 g/mol. The molecule has 4 atom stereocenters. The molecule has 2 fully saturated rings. The van der Waals surface area contributed by atoms with Crippen LogP contribution in [0.4, 0.5) is 5.69 Å². The molecule has 39 heavy (non-hydrogen) atoms. The largest absolute Gasteiger partial charge is 0.298 e. The monoisotopic (exact) mass is 511 g/mol. The third-order valence-electron chi connectivity index (χ3n) is 9.31. The second-order valence-electron chi connectivity index (χ2n) is 11.2. The molecule has 192 valence electrons. The summed E-state index contributed by atoms with van der Waals surface area (Å²) in [7, 11) is 0. The fraction of sp³-hybridized carbons (Fsp3) is 0.229. The van der Waals surface area contributed by atoms with E-state index in [0.29, 0.717) is 12.1 Å². The first-order valence-electron chi connectivity index (χ1n) is 13.7. The number of amides is 2. The number of allylic oxidation sites excluding steroid dienone is 2. The lowest BCUT2D eigenvalue weighted by Gasteiger charge is -2.37. The number of rotatable bonds is 5. The van der Waals surface area contributed by atoms with Gasteiger partial charge in [0, 0.05) is 0 Å². The van der Waals surface area contributed by atoms with Crippen LogP contribution >= 0.6 is 0 Å². The number of hydrogen-bond donors (Lipinski definition) is 0. The average Bonchev–Trinajstić information content (AvgIpc) is 3.43. The summed E-state index contributed by atoms with van der Waals surface area (Å²) >= 11 is 0. The van der Waals surface area contributed by atoms with Gasteiger partial charge in [-0.05, 0) is 58.5 Å². The van der Waals surface area contributed by atoms with Gasteiger partial charge in [-0.2, -0.15) is 0 Å². The Morgan fingerprint density at radius 2 is 1.23 bits per heavy atom. The van der Waals surface area contributed by atoms with Crippen LogP contribution in [0, 0.1) is 22.7 Å². The van der Waals surface area contributed by atoms with Crippen LogP contribution in [0.2, 0.25) is 0 Å².